The Hall–Kier alpha value is -1.75. The standard InChI is InChI=1S/C15H24N2O3/c1-5-17-15(3,14(16)18)8-9-20-12-7-6-11(2)10-13(12)19-4/h6-7,10,17H,5,8-9H2,1-4H3,(H2,16,18). The fourth-order valence-electron chi connectivity index (χ4n) is 1.95. The van der Waals surface area contributed by atoms with E-state index >= 15 is 0 Å². The van der Waals surface area contributed by atoms with Crippen LogP contribution in [0.2, 0.25) is 0 Å². The first-order valence-electron chi connectivity index (χ1n) is 6.75. The fourth-order valence-corrected chi connectivity index (χ4v) is 1.95. The second-order valence-electron chi connectivity index (χ2n) is 4.98. The molecule has 1 amide bonds. The van der Waals surface area contributed by atoms with Crippen molar-refractivity contribution >= 4 is 5.91 Å². The van der Waals surface area contributed by atoms with Gasteiger partial charge in [-0.15, -0.1) is 0 Å². The molecule has 1 unspecified atom stereocenters. The smallest absolute Gasteiger partial charge is 0.237 e. The Bertz CT molecular complexity index is 462. The first kappa shape index (κ1) is 16.3. The highest BCUT2D eigenvalue weighted by Gasteiger charge is 2.29. The third-order valence-corrected chi connectivity index (χ3v) is 3.29. The molecule has 112 valence electrons. The van der Waals surface area contributed by atoms with Gasteiger partial charge in [0.15, 0.2) is 11.5 Å². The summed E-state index contributed by atoms with van der Waals surface area (Å²) in [5.74, 6) is 0.981. The van der Waals surface area contributed by atoms with Gasteiger partial charge in [0, 0.05) is 6.42 Å². The molecule has 5 nitrogen and oxygen atoms in total. The summed E-state index contributed by atoms with van der Waals surface area (Å²) in [5, 5.41) is 3.10. The molecular formula is C15H24N2O3. The minimum atomic E-state index is -0.757. The number of likely N-dealkylation sites (N-methyl/N-ethyl adjacent to an activating group) is 1. The molecule has 0 saturated carbocycles. The summed E-state index contributed by atoms with van der Waals surface area (Å²) in [6.07, 6.45) is 0.493. The van der Waals surface area contributed by atoms with Gasteiger partial charge in [0.25, 0.3) is 0 Å². The molecule has 0 bridgehead atoms. The third kappa shape index (κ3) is 4.13. The lowest BCUT2D eigenvalue weighted by Crippen LogP contribution is -2.53. The van der Waals surface area contributed by atoms with Crippen LogP contribution in [-0.2, 0) is 4.79 Å². The molecule has 0 fully saturated rings. The van der Waals surface area contributed by atoms with Crippen LogP contribution in [0.15, 0.2) is 18.2 Å². The summed E-state index contributed by atoms with van der Waals surface area (Å²) in [4.78, 5) is 11.5. The van der Waals surface area contributed by atoms with Crippen LogP contribution in [0, 0.1) is 6.92 Å². The number of hydrogen-bond donors (Lipinski definition) is 2. The van der Waals surface area contributed by atoms with Crippen molar-refractivity contribution in [3.05, 3.63) is 23.8 Å². The largest absolute Gasteiger partial charge is 0.493 e. The number of nitrogens with one attached hydrogen (secondary N) is 1. The predicted molar refractivity (Wildman–Crippen MR) is 79.1 cm³/mol. The molecule has 0 spiro atoms. The first-order valence-corrected chi connectivity index (χ1v) is 6.75. The van der Waals surface area contributed by atoms with Crippen molar-refractivity contribution in [3.8, 4) is 11.5 Å². The van der Waals surface area contributed by atoms with Gasteiger partial charge >= 0.3 is 0 Å². The number of primary amides is 1. The Morgan fingerprint density at radius 1 is 1.40 bits per heavy atom. The van der Waals surface area contributed by atoms with Gasteiger partial charge in [0.2, 0.25) is 5.91 Å². The van der Waals surface area contributed by atoms with Crippen molar-refractivity contribution in [3.63, 3.8) is 0 Å². The van der Waals surface area contributed by atoms with Gasteiger partial charge in [-0.05, 0) is 38.1 Å². The van der Waals surface area contributed by atoms with E-state index in [-0.39, 0.29) is 5.91 Å². The van der Waals surface area contributed by atoms with E-state index < -0.39 is 5.54 Å². The number of carbonyl (C=O) groups is 1. The van der Waals surface area contributed by atoms with E-state index in [4.69, 9.17) is 15.2 Å². The predicted octanol–water partition coefficient (Wildman–Crippen LogP) is 1.63. The van der Waals surface area contributed by atoms with Crippen LogP contribution in [0.4, 0.5) is 0 Å². The maximum Gasteiger partial charge on any atom is 0.237 e. The van der Waals surface area contributed by atoms with Gasteiger partial charge in [0.1, 0.15) is 0 Å². The summed E-state index contributed by atoms with van der Waals surface area (Å²) in [6.45, 7) is 6.76. The van der Waals surface area contributed by atoms with Crippen molar-refractivity contribution in [2.45, 2.75) is 32.7 Å². The summed E-state index contributed by atoms with van der Waals surface area (Å²) in [5.41, 5.74) is 5.77. The summed E-state index contributed by atoms with van der Waals surface area (Å²) >= 11 is 0. The molecule has 0 heterocycles. The minimum Gasteiger partial charge on any atom is -0.493 e. The zero-order valence-electron chi connectivity index (χ0n) is 12.7. The van der Waals surface area contributed by atoms with E-state index in [1.54, 1.807) is 14.0 Å². The molecule has 20 heavy (non-hydrogen) atoms. The lowest BCUT2D eigenvalue weighted by molar-refractivity contribution is -0.124. The molecule has 1 aromatic rings. The molecule has 1 rings (SSSR count). The van der Waals surface area contributed by atoms with Gasteiger partial charge in [0.05, 0.1) is 19.3 Å². The quantitative estimate of drug-likeness (QED) is 0.759. The number of aryl methyl sites for hydroxylation is 1. The van der Waals surface area contributed by atoms with E-state index in [2.05, 4.69) is 5.32 Å². The molecule has 1 atom stereocenters. The van der Waals surface area contributed by atoms with E-state index in [0.717, 1.165) is 5.56 Å². The monoisotopic (exact) mass is 280 g/mol. The van der Waals surface area contributed by atoms with E-state index in [1.165, 1.54) is 0 Å². The summed E-state index contributed by atoms with van der Waals surface area (Å²) < 4.78 is 11.0. The summed E-state index contributed by atoms with van der Waals surface area (Å²) in [7, 11) is 1.60. The first-order chi connectivity index (χ1) is 9.42. The van der Waals surface area contributed by atoms with Gasteiger partial charge in [-0.2, -0.15) is 0 Å². The van der Waals surface area contributed by atoms with E-state index in [1.807, 2.05) is 32.0 Å². The van der Waals surface area contributed by atoms with E-state index in [9.17, 15) is 4.79 Å². The van der Waals surface area contributed by atoms with Gasteiger partial charge in [-0.3, -0.25) is 4.79 Å². The number of ether oxygens (including phenoxy) is 2. The lowest BCUT2D eigenvalue weighted by Gasteiger charge is -2.27. The second-order valence-corrected chi connectivity index (χ2v) is 4.98. The van der Waals surface area contributed by atoms with Crippen molar-refractivity contribution in [1.29, 1.82) is 0 Å². The number of benzene rings is 1. The average molecular weight is 280 g/mol. The van der Waals surface area contributed by atoms with Crippen LogP contribution in [0.25, 0.3) is 0 Å². The Balaban J connectivity index is 2.65. The second kappa shape index (κ2) is 7.14. The maximum atomic E-state index is 11.5. The normalized spacial score (nSPS) is 13.6. The topological polar surface area (TPSA) is 73.6 Å². The van der Waals surface area contributed by atoms with Crippen molar-refractivity contribution in [2.75, 3.05) is 20.3 Å². The molecule has 0 aliphatic rings. The highest BCUT2D eigenvalue weighted by atomic mass is 16.5. The zero-order chi connectivity index (χ0) is 15.2. The van der Waals surface area contributed by atoms with Gasteiger partial charge in [-0.25, -0.2) is 0 Å². The Morgan fingerprint density at radius 3 is 2.65 bits per heavy atom. The molecule has 0 aromatic heterocycles. The van der Waals surface area contributed by atoms with Crippen LogP contribution < -0.4 is 20.5 Å². The number of methoxy groups -OCH3 is 1. The summed E-state index contributed by atoms with van der Waals surface area (Å²) in [6, 6.07) is 5.73. The fraction of sp³-hybridized carbons (Fsp3) is 0.533. The molecule has 0 aliphatic heterocycles. The SMILES string of the molecule is CCNC(C)(CCOc1ccc(C)cc1OC)C(N)=O. The molecule has 0 radical (unpaired) electrons. The van der Waals surface area contributed by atoms with Crippen molar-refractivity contribution in [1.82, 2.24) is 5.32 Å². The van der Waals surface area contributed by atoms with Crippen molar-refractivity contribution in [2.24, 2.45) is 5.73 Å². The number of rotatable bonds is 8. The van der Waals surface area contributed by atoms with Crippen LogP contribution in [-0.4, -0.2) is 31.7 Å². The van der Waals surface area contributed by atoms with Gasteiger partial charge in [-0.1, -0.05) is 13.0 Å². The molecular weight excluding hydrogens is 256 g/mol. The highest BCUT2D eigenvalue weighted by molar-refractivity contribution is 5.84. The van der Waals surface area contributed by atoms with Crippen LogP contribution in [0.3, 0.4) is 0 Å². The lowest BCUT2D eigenvalue weighted by atomic mass is 9.97. The zero-order valence-corrected chi connectivity index (χ0v) is 12.7. The minimum absolute atomic E-state index is 0.376. The number of amides is 1. The Morgan fingerprint density at radius 2 is 2.10 bits per heavy atom. The van der Waals surface area contributed by atoms with Gasteiger partial charge < -0.3 is 20.5 Å². The number of hydrogen-bond acceptors (Lipinski definition) is 4. The van der Waals surface area contributed by atoms with Crippen LogP contribution >= 0.6 is 0 Å². The Kier molecular flexibility index (Phi) is 5.82. The Labute approximate surface area is 120 Å². The highest BCUT2D eigenvalue weighted by Crippen LogP contribution is 2.28. The maximum absolute atomic E-state index is 11.5. The third-order valence-electron chi connectivity index (χ3n) is 3.29. The average Bonchev–Trinajstić information content (AvgIpc) is 2.40. The number of carbonyl (C=O) groups excluding carboxylic acids is 1. The molecule has 0 aliphatic carbocycles. The molecule has 1 aromatic carbocycles. The van der Waals surface area contributed by atoms with Crippen LogP contribution in [0.5, 0.6) is 11.5 Å². The molecule has 3 N–H and O–H groups in total. The van der Waals surface area contributed by atoms with E-state index in [0.29, 0.717) is 31.1 Å². The van der Waals surface area contributed by atoms with Crippen molar-refractivity contribution < 1.29 is 14.3 Å². The number of nitrogens with two attached hydrogens (primary N) is 1. The molecule has 5 heteroatoms. The van der Waals surface area contributed by atoms with Crippen LogP contribution in [0.1, 0.15) is 25.8 Å². The molecule has 0 saturated heterocycles.